The third kappa shape index (κ3) is 2.60. The summed E-state index contributed by atoms with van der Waals surface area (Å²) in [6, 6.07) is 9.61. The van der Waals surface area contributed by atoms with Gasteiger partial charge in [0.1, 0.15) is 6.10 Å². The van der Waals surface area contributed by atoms with Gasteiger partial charge < -0.3 is 5.11 Å². The van der Waals surface area contributed by atoms with Crippen LogP contribution in [0.4, 0.5) is 0 Å². The average Bonchev–Trinajstić information content (AvgIpc) is 2.39. The molecule has 96 valence electrons. The number of alkyl halides is 3. The Morgan fingerprint density at radius 1 is 1.11 bits per heavy atom. The van der Waals surface area contributed by atoms with E-state index in [-0.39, 0.29) is 0 Å². The molecule has 2 unspecified atom stereocenters. The molecule has 4 heteroatoms. The summed E-state index contributed by atoms with van der Waals surface area (Å²) in [4.78, 5) is 0. The largest absolute Gasteiger partial charge is 0.387 e. The summed E-state index contributed by atoms with van der Waals surface area (Å²) in [5, 5.41) is 10.4. The van der Waals surface area contributed by atoms with Crippen LogP contribution >= 0.6 is 34.8 Å². The number of aliphatic hydroxyl groups is 1. The van der Waals surface area contributed by atoms with Crippen molar-refractivity contribution in [1.82, 2.24) is 0 Å². The molecule has 0 aliphatic heterocycles. The van der Waals surface area contributed by atoms with Gasteiger partial charge in [0.2, 0.25) is 3.79 Å². The van der Waals surface area contributed by atoms with Crippen LogP contribution in [-0.4, -0.2) is 15.0 Å². The van der Waals surface area contributed by atoms with Crippen LogP contribution < -0.4 is 0 Å². The predicted octanol–water partition coefficient (Wildman–Crippen LogP) is 4.17. The Labute approximate surface area is 122 Å². The fraction of sp³-hybridized carbons (Fsp3) is 0.286. The molecule has 0 heterocycles. The molecule has 0 spiro atoms. The Morgan fingerprint density at radius 3 is 2.28 bits per heavy atom. The molecule has 0 radical (unpaired) electrons. The molecule has 1 aromatic carbocycles. The molecule has 18 heavy (non-hydrogen) atoms. The highest BCUT2D eigenvalue weighted by molar-refractivity contribution is 6.68. The van der Waals surface area contributed by atoms with Crippen molar-refractivity contribution in [3.8, 4) is 0 Å². The Kier molecular flexibility index (Phi) is 4.08. The molecule has 1 N–H and O–H groups in total. The molecule has 1 nitrogen and oxygen atoms in total. The summed E-state index contributed by atoms with van der Waals surface area (Å²) in [6.07, 6.45) is 7.14. The van der Waals surface area contributed by atoms with Gasteiger partial charge in [0.05, 0.1) is 0 Å². The first-order chi connectivity index (χ1) is 8.47. The molecule has 1 aliphatic carbocycles. The minimum Gasteiger partial charge on any atom is -0.387 e. The summed E-state index contributed by atoms with van der Waals surface area (Å²) in [7, 11) is 0. The lowest BCUT2D eigenvalue weighted by molar-refractivity contribution is 0.110. The van der Waals surface area contributed by atoms with Gasteiger partial charge in [-0.1, -0.05) is 89.4 Å². The lowest BCUT2D eigenvalue weighted by Crippen LogP contribution is -2.46. The minimum absolute atomic E-state index is 0.600. The molecule has 2 rings (SSSR count). The van der Waals surface area contributed by atoms with Crippen molar-refractivity contribution >= 4 is 34.8 Å². The standard InChI is InChI=1S/C14H13Cl3O/c15-14(16,17)12(18)13(9-5-2-6-10-13)11-7-3-1-4-8-11/h1-9,12,18H,10H2. The molecule has 0 saturated heterocycles. The van der Waals surface area contributed by atoms with Crippen LogP contribution in [0.1, 0.15) is 12.0 Å². The third-order valence-electron chi connectivity index (χ3n) is 3.21. The van der Waals surface area contributed by atoms with E-state index in [4.69, 9.17) is 34.8 Å². The van der Waals surface area contributed by atoms with Crippen LogP contribution in [0.2, 0.25) is 0 Å². The van der Waals surface area contributed by atoms with Crippen LogP contribution in [0, 0.1) is 0 Å². The van der Waals surface area contributed by atoms with E-state index in [9.17, 15) is 5.11 Å². The molecular weight excluding hydrogens is 291 g/mol. The maximum Gasteiger partial charge on any atom is 0.217 e. The second-order valence-electron chi connectivity index (χ2n) is 4.34. The van der Waals surface area contributed by atoms with Crippen molar-refractivity contribution < 1.29 is 5.11 Å². The maximum absolute atomic E-state index is 10.4. The quantitative estimate of drug-likeness (QED) is 0.813. The van der Waals surface area contributed by atoms with E-state index in [0.717, 1.165) is 5.56 Å². The number of halogens is 3. The molecule has 0 saturated carbocycles. The van der Waals surface area contributed by atoms with Crippen LogP contribution in [0.25, 0.3) is 0 Å². The van der Waals surface area contributed by atoms with E-state index in [1.165, 1.54) is 0 Å². The van der Waals surface area contributed by atoms with Crippen LogP contribution in [0.3, 0.4) is 0 Å². The van der Waals surface area contributed by atoms with Crippen molar-refractivity contribution in [2.45, 2.75) is 21.7 Å². The summed E-state index contributed by atoms with van der Waals surface area (Å²) in [5.74, 6) is 0. The van der Waals surface area contributed by atoms with Gasteiger partial charge in [-0.05, 0) is 12.0 Å². The number of hydrogen-bond donors (Lipinski definition) is 1. The predicted molar refractivity (Wildman–Crippen MR) is 77.3 cm³/mol. The van der Waals surface area contributed by atoms with Gasteiger partial charge >= 0.3 is 0 Å². The van der Waals surface area contributed by atoms with E-state index >= 15 is 0 Å². The number of rotatable bonds is 2. The smallest absolute Gasteiger partial charge is 0.217 e. The Morgan fingerprint density at radius 2 is 1.78 bits per heavy atom. The molecule has 0 aromatic heterocycles. The van der Waals surface area contributed by atoms with Crippen molar-refractivity contribution in [1.29, 1.82) is 0 Å². The first kappa shape index (κ1) is 14.0. The van der Waals surface area contributed by atoms with Gasteiger partial charge in [0.15, 0.2) is 0 Å². The second-order valence-corrected chi connectivity index (χ2v) is 6.71. The lowest BCUT2D eigenvalue weighted by atomic mass is 9.71. The van der Waals surface area contributed by atoms with Crippen LogP contribution in [0.15, 0.2) is 54.6 Å². The third-order valence-corrected chi connectivity index (χ3v) is 3.83. The fourth-order valence-corrected chi connectivity index (χ4v) is 2.84. The number of aliphatic hydroxyl groups excluding tert-OH is 1. The Bertz CT molecular complexity index is 462. The molecule has 1 aromatic rings. The zero-order valence-corrected chi connectivity index (χ0v) is 11.8. The molecule has 2 atom stereocenters. The van der Waals surface area contributed by atoms with Gasteiger partial charge in [-0.15, -0.1) is 0 Å². The van der Waals surface area contributed by atoms with Crippen molar-refractivity contribution in [2.24, 2.45) is 0 Å². The first-order valence-electron chi connectivity index (χ1n) is 5.61. The number of hydrogen-bond acceptors (Lipinski definition) is 1. The molecular formula is C14H13Cl3O. The normalized spacial score (nSPS) is 25.1. The van der Waals surface area contributed by atoms with Gasteiger partial charge in [0.25, 0.3) is 0 Å². The molecule has 0 bridgehead atoms. The summed E-state index contributed by atoms with van der Waals surface area (Å²) < 4.78 is -1.73. The monoisotopic (exact) mass is 302 g/mol. The van der Waals surface area contributed by atoms with Crippen molar-refractivity contribution in [3.63, 3.8) is 0 Å². The van der Waals surface area contributed by atoms with E-state index in [1.807, 2.05) is 54.6 Å². The van der Waals surface area contributed by atoms with Crippen molar-refractivity contribution in [2.75, 3.05) is 0 Å². The zero-order chi connectivity index (χ0) is 13.2. The van der Waals surface area contributed by atoms with Crippen molar-refractivity contribution in [3.05, 3.63) is 60.2 Å². The molecule has 0 fully saturated rings. The topological polar surface area (TPSA) is 20.2 Å². The van der Waals surface area contributed by atoms with Crippen LogP contribution in [-0.2, 0) is 5.41 Å². The molecule has 0 amide bonds. The molecule has 1 aliphatic rings. The fourth-order valence-electron chi connectivity index (χ4n) is 2.25. The van der Waals surface area contributed by atoms with Gasteiger partial charge in [-0.3, -0.25) is 0 Å². The average molecular weight is 304 g/mol. The SMILES string of the molecule is OC(C(Cl)(Cl)Cl)C1(c2ccccc2)C=CC=CC1. The summed E-state index contributed by atoms with van der Waals surface area (Å²) >= 11 is 17.6. The zero-order valence-electron chi connectivity index (χ0n) is 9.56. The summed E-state index contributed by atoms with van der Waals surface area (Å²) in [5.41, 5.74) is 0.241. The Balaban J connectivity index is 2.49. The first-order valence-corrected chi connectivity index (χ1v) is 6.75. The highest BCUT2D eigenvalue weighted by Crippen LogP contribution is 2.45. The van der Waals surface area contributed by atoms with E-state index in [2.05, 4.69) is 0 Å². The lowest BCUT2D eigenvalue weighted by Gasteiger charge is -2.39. The highest BCUT2D eigenvalue weighted by Gasteiger charge is 2.47. The van der Waals surface area contributed by atoms with E-state index in [0.29, 0.717) is 6.42 Å². The Hall–Kier alpha value is -0.470. The van der Waals surface area contributed by atoms with Gasteiger partial charge in [-0.2, -0.15) is 0 Å². The van der Waals surface area contributed by atoms with Gasteiger partial charge in [0, 0.05) is 5.41 Å². The second kappa shape index (κ2) is 5.26. The number of allylic oxidation sites excluding steroid dienone is 3. The van der Waals surface area contributed by atoms with Crippen LogP contribution in [0.5, 0.6) is 0 Å². The minimum atomic E-state index is -1.73. The number of benzene rings is 1. The summed E-state index contributed by atoms with van der Waals surface area (Å²) in [6.45, 7) is 0. The van der Waals surface area contributed by atoms with E-state index in [1.54, 1.807) is 0 Å². The van der Waals surface area contributed by atoms with Gasteiger partial charge in [-0.25, -0.2) is 0 Å². The highest BCUT2D eigenvalue weighted by atomic mass is 35.6. The van der Waals surface area contributed by atoms with E-state index < -0.39 is 15.3 Å². The maximum atomic E-state index is 10.4.